The molecule has 21 heavy (non-hydrogen) atoms. The normalized spacial score (nSPS) is 22.6. The minimum atomic E-state index is 0.495. The second-order valence-corrected chi connectivity index (χ2v) is 7.27. The molecule has 1 saturated carbocycles. The zero-order valence-corrected chi connectivity index (χ0v) is 14.6. The molecule has 1 aromatic rings. The van der Waals surface area contributed by atoms with Gasteiger partial charge in [0.25, 0.3) is 0 Å². The lowest BCUT2D eigenvalue weighted by Gasteiger charge is -2.36. The molecule has 2 nitrogen and oxygen atoms in total. The van der Waals surface area contributed by atoms with Crippen molar-refractivity contribution in [3.05, 3.63) is 28.8 Å². The molecule has 2 rings (SSSR count). The zero-order valence-electron chi connectivity index (χ0n) is 13.8. The Morgan fingerprint density at radius 1 is 1.33 bits per heavy atom. The minimum Gasteiger partial charge on any atom is -0.370 e. The van der Waals surface area contributed by atoms with Gasteiger partial charge < -0.3 is 10.2 Å². The second kappa shape index (κ2) is 7.51. The lowest BCUT2D eigenvalue weighted by atomic mass is 9.86. The van der Waals surface area contributed by atoms with Crippen LogP contribution in [-0.4, -0.2) is 19.1 Å². The van der Waals surface area contributed by atoms with Crippen molar-refractivity contribution >= 4 is 17.3 Å². The van der Waals surface area contributed by atoms with Crippen molar-refractivity contribution in [2.45, 2.75) is 65.1 Å². The molecule has 0 saturated heterocycles. The first kappa shape index (κ1) is 16.6. The Morgan fingerprint density at radius 2 is 2.10 bits per heavy atom. The Kier molecular flexibility index (Phi) is 5.95. The van der Waals surface area contributed by atoms with Gasteiger partial charge in [0.15, 0.2) is 0 Å². The fourth-order valence-electron chi connectivity index (χ4n) is 3.22. The number of hydrogen-bond acceptors (Lipinski definition) is 2. The van der Waals surface area contributed by atoms with Gasteiger partial charge in [-0.1, -0.05) is 51.3 Å². The Bertz CT molecular complexity index is 459. The van der Waals surface area contributed by atoms with Crippen molar-refractivity contribution in [2.24, 2.45) is 5.92 Å². The van der Waals surface area contributed by atoms with Gasteiger partial charge in [-0.25, -0.2) is 0 Å². The first-order valence-electron chi connectivity index (χ1n) is 8.22. The van der Waals surface area contributed by atoms with Crippen LogP contribution in [0.3, 0.4) is 0 Å². The molecule has 0 amide bonds. The zero-order chi connectivity index (χ0) is 15.4. The summed E-state index contributed by atoms with van der Waals surface area (Å²) in [4.78, 5) is 2.39. The van der Waals surface area contributed by atoms with E-state index in [4.69, 9.17) is 11.6 Å². The molecule has 2 unspecified atom stereocenters. The van der Waals surface area contributed by atoms with Crippen molar-refractivity contribution in [1.29, 1.82) is 0 Å². The van der Waals surface area contributed by atoms with Crippen LogP contribution in [0.15, 0.2) is 18.2 Å². The van der Waals surface area contributed by atoms with E-state index < -0.39 is 0 Å². The van der Waals surface area contributed by atoms with Gasteiger partial charge in [-0.15, -0.1) is 0 Å². The van der Waals surface area contributed by atoms with Crippen molar-refractivity contribution in [2.75, 3.05) is 11.9 Å². The summed E-state index contributed by atoms with van der Waals surface area (Å²) in [6.07, 6.45) is 5.28. The number of benzene rings is 1. The number of rotatable bonds is 5. The van der Waals surface area contributed by atoms with E-state index in [0.29, 0.717) is 12.1 Å². The fourth-order valence-corrected chi connectivity index (χ4v) is 3.56. The highest BCUT2D eigenvalue weighted by molar-refractivity contribution is 6.33. The first-order valence-corrected chi connectivity index (χ1v) is 8.59. The molecular weight excluding hydrogens is 280 g/mol. The summed E-state index contributed by atoms with van der Waals surface area (Å²) < 4.78 is 0. The Morgan fingerprint density at radius 3 is 2.71 bits per heavy atom. The third-order valence-electron chi connectivity index (χ3n) is 4.56. The highest BCUT2D eigenvalue weighted by Crippen LogP contribution is 2.33. The Hall–Kier alpha value is -0.730. The largest absolute Gasteiger partial charge is 0.370 e. The molecule has 118 valence electrons. The fraction of sp³-hybridized carbons (Fsp3) is 0.667. The minimum absolute atomic E-state index is 0.495. The quantitative estimate of drug-likeness (QED) is 0.836. The van der Waals surface area contributed by atoms with E-state index in [-0.39, 0.29) is 0 Å². The standard InChI is InChI=1S/C18H29ClN2/c1-13(2)20-12-15-8-9-18(17(19)11-15)21(4)16-7-5-6-14(3)10-16/h8-9,11,13-14,16,20H,5-7,10,12H2,1-4H3. The van der Waals surface area contributed by atoms with Crippen molar-refractivity contribution in [1.82, 2.24) is 5.32 Å². The molecule has 2 atom stereocenters. The monoisotopic (exact) mass is 308 g/mol. The highest BCUT2D eigenvalue weighted by atomic mass is 35.5. The molecular formula is C18H29ClN2. The van der Waals surface area contributed by atoms with Crippen LogP contribution < -0.4 is 10.2 Å². The van der Waals surface area contributed by atoms with Crippen LogP contribution in [0.2, 0.25) is 5.02 Å². The number of anilines is 1. The SMILES string of the molecule is CC1CCCC(N(C)c2ccc(CNC(C)C)cc2Cl)C1. The molecule has 0 aromatic heterocycles. The van der Waals surface area contributed by atoms with Gasteiger partial charge in [0.1, 0.15) is 0 Å². The predicted octanol–water partition coefficient (Wildman–Crippen LogP) is 4.85. The van der Waals surface area contributed by atoms with Gasteiger partial charge in [-0.05, 0) is 36.5 Å². The van der Waals surface area contributed by atoms with Crippen molar-refractivity contribution in [3.63, 3.8) is 0 Å². The molecule has 1 aliphatic rings. The topological polar surface area (TPSA) is 15.3 Å². The predicted molar refractivity (Wildman–Crippen MR) is 93.3 cm³/mol. The summed E-state index contributed by atoms with van der Waals surface area (Å²) in [5.74, 6) is 0.833. The van der Waals surface area contributed by atoms with E-state index in [9.17, 15) is 0 Å². The third kappa shape index (κ3) is 4.62. The molecule has 0 heterocycles. The van der Waals surface area contributed by atoms with Gasteiger partial charge in [0, 0.05) is 25.7 Å². The summed E-state index contributed by atoms with van der Waals surface area (Å²) in [5.41, 5.74) is 2.42. The van der Waals surface area contributed by atoms with Gasteiger partial charge in [-0.3, -0.25) is 0 Å². The average Bonchev–Trinajstić information content (AvgIpc) is 2.44. The molecule has 1 N–H and O–H groups in total. The maximum Gasteiger partial charge on any atom is 0.0642 e. The van der Waals surface area contributed by atoms with Crippen LogP contribution in [-0.2, 0) is 6.54 Å². The summed E-state index contributed by atoms with van der Waals surface area (Å²) in [6, 6.07) is 7.61. The van der Waals surface area contributed by atoms with E-state index in [1.54, 1.807) is 0 Å². The summed E-state index contributed by atoms with van der Waals surface area (Å²) in [5, 5.41) is 4.31. The molecule has 0 spiro atoms. The molecule has 3 heteroatoms. The maximum absolute atomic E-state index is 6.53. The van der Waals surface area contributed by atoms with Gasteiger partial charge in [0.05, 0.1) is 10.7 Å². The van der Waals surface area contributed by atoms with E-state index in [1.165, 1.54) is 36.9 Å². The van der Waals surface area contributed by atoms with Crippen molar-refractivity contribution < 1.29 is 0 Å². The van der Waals surface area contributed by atoms with Gasteiger partial charge in [0.2, 0.25) is 0 Å². The molecule has 0 aliphatic heterocycles. The maximum atomic E-state index is 6.53. The van der Waals surface area contributed by atoms with Crippen LogP contribution in [0.5, 0.6) is 0 Å². The molecule has 1 aromatic carbocycles. The summed E-state index contributed by atoms with van der Waals surface area (Å²) in [7, 11) is 2.19. The van der Waals surface area contributed by atoms with Gasteiger partial charge in [-0.2, -0.15) is 0 Å². The summed E-state index contributed by atoms with van der Waals surface area (Å²) >= 11 is 6.53. The number of nitrogens with one attached hydrogen (secondary N) is 1. The lowest BCUT2D eigenvalue weighted by Crippen LogP contribution is -2.35. The average molecular weight is 309 g/mol. The molecule has 0 bridgehead atoms. The highest BCUT2D eigenvalue weighted by Gasteiger charge is 2.23. The first-order chi connectivity index (χ1) is 9.97. The van der Waals surface area contributed by atoms with Crippen LogP contribution in [0.25, 0.3) is 0 Å². The van der Waals surface area contributed by atoms with E-state index in [2.05, 4.69) is 56.2 Å². The second-order valence-electron chi connectivity index (χ2n) is 6.86. The van der Waals surface area contributed by atoms with Gasteiger partial charge >= 0.3 is 0 Å². The number of halogens is 1. The van der Waals surface area contributed by atoms with E-state index >= 15 is 0 Å². The lowest BCUT2D eigenvalue weighted by molar-refractivity contribution is 0.336. The smallest absolute Gasteiger partial charge is 0.0642 e. The van der Waals surface area contributed by atoms with Crippen LogP contribution in [0, 0.1) is 5.92 Å². The number of hydrogen-bond donors (Lipinski definition) is 1. The Balaban J connectivity index is 2.05. The van der Waals surface area contributed by atoms with Crippen molar-refractivity contribution in [3.8, 4) is 0 Å². The van der Waals surface area contributed by atoms with E-state index in [1.807, 2.05) is 0 Å². The Labute approximate surface area is 134 Å². The van der Waals surface area contributed by atoms with Crippen LogP contribution >= 0.6 is 11.6 Å². The molecule has 1 aliphatic carbocycles. The molecule has 0 radical (unpaired) electrons. The molecule has 1 fully saturated rings. The third-order valence-corrected chi connectivity index (χ3v) is 4.87. The van der Waals surface area contributed by atoms with Crippen LogP contribution in [0.1, 0.15) is 52.0 Å². The van der Waals surface area contributed by atoms with E-state index in [0.717, 1.165) is 17.5 Å². The summed E-state index contributed by atoms with van der Waals surface area (Å²) in [6.45, 7) is 7.56. The number of nitrogens with zero attached hydrogens (tertiary/aromatic N) is 1. The van der Waals surface area contributed by atoms with Crippen LogP contribution in [0.4, 0.5) is 5.69 Å².